The third-order valence-electron chi connectivity index (χ3n) is 4.29. The number of rotatable bonds is 4. The Morgan fingerprint density at radius 1 is 1.29 bits per heavy atom. The molecule has 0 bridgehead atoms. The highest BCUT2D eigenvalue weighted by molar-refractivity contribution is 6.42. The van der Waals surface area contributed by atoms with Crippen molar-refractivity contribution in [3.8, 4) is 0 Å². The molecule has 1 aliphatic heterocycles. The van der Waals surface area contributed by atoms with Gasteiger partial charge < -0.3 is 10.1 Å². The molecule has 0 aromatic heterocycles. The van der Waals surface area contributed by atoms with Crippen molar-refractivity contribution >= 4 is 23.2 Å². The van der Waals surface area contributed by atoms with Crippen molar-refractivity contribution in [2.24, 2.45) is 5.92 Å². The number of hydrogen-bond donors (Lipinski definition) is 1. The van der Waals surface area contributed by atoms with E-state index in [1.165, 1.54) is 0 Å². The van der Waals surface area contributed by atoms with Gasteiger partial charge >= 0.3 is 0 Å². The zero-order valence-corrected chi connectivity index (χ0v) is 15.0. The van der Waals surface area contributed by atoms with Gasteiger partial charge in [-0.2, -0.15) is 0 Å². The molecule has 21 heavy (non-hydrogen) atoms. The molecule has 1 saturated heterocycles. The van der Waals surface area contributed by atoms with Crippen LogP contribution in [0.5, 0.6) is 0 Å². The van der Waals surface area contributed by atoms with Gasteiger partial charge in [0.2, 0.25) is 0 Å². The van der Waals surface area contributed by atoms with Crippen LogP contribution in [-0.4, -0.2) is 17.7 Å². The molecule has 2 nitrogen and oxygen atoms in total. The van der Waals surface area contributed by atoms with E-state index in [-0.39, 0.29) is 17.2 Å². The summed E-state index contributed by atoms with van der Waals surface area (Å²) in [5.74, 6) is 0.336. The summed E-state index contributed by atoms with van der Waals surface area (Å²) in [6.07, 6.45) is 0.987. The van der Waals surface area contributed by atoms with E-state index in [9.17, 15) is 0 Å². The minimum absolute atomic E-state index is 0.118. The number of nitrogens with one attached hydrogen (secondary N) is 1. The lowest BCUT2D eigenvalue weighted by atomic mass is 9.79. The van der Waals surface area contributed by atoms with Gasteiger partial charge in [-0.05, 0) is 52.3 Å². The monoisotopic (exact) mass is 329 g/mol. The predicted molar refractivity (Wildman–Crippen MR) is 90.2 cm³/mol. The second kappa shape index (κ2) is 6.08. The lowest BCUT2D eigenvalue weighted by molar-refractivity contribution is -0.0778. The van der Waals surface area contributed by atoms with Gasteiger partial charge in [0.1, 0.15) is 0 Å². The number of benzene rings is 1. The van der Waals surface area contributed by atoms with E-state index in [1.54, 1.807) is 0 Å². The van der Waals surface area contributed by atoms with Crippen molar-refractivity contribution in [3.63, 3.8) is 0 Å². The van der Waals surface area contributed by atoms with Gasteiger partial charge in [0.25, 0.3) is 0 Å². The standard InChI is InChI=1S/C17H25Cl2NO/c1-6-20-15(11-8-7-9-13(18)14(11)19)12-10-16(2,3)21-17(12,4)5/h7-9,12,15,20H,6,10H2,1-5H3. The maximum atomic E-state index is 6.45. The second-order valence-electron chi connectivity index (χ2n) is 6.95. The molecular weight excluding hydrogens is 305 g/mol. The Hall–Kier alpha value is -0.280. The van der Waals surface area contributed by atoms with Gasteiger partial charge in [0.05, 0.1) is 21.2 Å². The molecular formula is C17H25Cl2NO. The van der Waals surface area contributed by atoms with Crippen LogP contribution in [0.2, 0.25) is 10.0 Å². The first kappa shape index (κ1) is 17.1. The van der Waals surface area contributed by atoms with Crippen LogP contribution in [0.4, 0.5) is 0 Å². The van der Waals surface area contributed by atoms with Crippen molar-refractivity contribution in [1.82, 2.24) is 5.32 Å². The SMILES string of the molecule is CCNC(c1cccc(Cl)c1Cl)C1CC(C)(C)OC1(C)C. The Labute approximate surface area is 138 Å². The average molecular weight is 330 g/mol. The number of halogens is 2. The normalized spacial score (nSPS) is 25.0. The van der Waals surface area contributed by atoms with Crippen molar-refractivity contribution in [3.05, 3.63) is 33.8 Å². The van der Waals surface area contributed by atoms with E-state index in [1.807, 2.05) is 12.1 Å². The quantitative estimate of drug-likeness (QED) is 0.815. The van der Waals surface area contributed by atoms with E-state index in [0.29, 0.717) is 16.0 Å². The molecule has 4 heteroatoms. The van der Waals surface area contributed by atoms with Crippen LogP contribution in [0, 0.1) is 5.92 Å². The summed E-state index contributed by atoms with van der Waals surface area (Å²) < 4.78 is 6.25. The molecule has 1 heterocycles. The average Bonchev–Trinajstić information content (AvgIpc) is 2.58. The van der Waals surface area contributed by atoms with Crippen LogP contribution < -0.4 is 5.32 Å². The first-order valence-electron chi connectivity index (χ1n) is 7.55. The molecule has 0 radical (unpaired) electrons. The minimum Gasteiger partial charge on any atom is -0.369 e. The molecule has 1 N–H and O–H groups in total. The maximum Gasteiger partial charge on any atom is 0.0681 e. The maximum absolute atomic E-state index is 6.45. The molecule has 1 aliphatic rings. The first-order chi connectivity index (χ1) is 9.68. The van der Waals surface area contributed by atoms with Crippen molar-refractivity contribution in [1.29, 1.82) is 0 Å². The number of hydrogen-bond acceptors (Lipinski definition) is 2. The molecule has 1 aromatic rings. The smallest absolute Gasteiger partial charge is 0.0681 e. The molecule has 1 aromatic carbocycles. The van der Waals surface area contributed by atoms with Crippen molar-refractivity contribution < 1.29 is 4.74 Å². The zero-order valence-electron chi connectivity index (χ0n) is 13.5. The highest BCUT2D eigenvalue weighted by Gasteiger charge is 2.49. The zero-order chi connectivity index (χ0) is 15.8. The summed E-state index contributed by atoms with van der Waals surface area (Å²) in [5, 5.41) is 4.83. The summed E-state index contributed by atoms with van der Waals surface area (Å²) in [6, 6.07) is 5.99. The van der Waals surface area contributed by atoms with Crippen molar-refractivity contribution in [2.45, 2.75) is 58.3 Å². The van der Waals surface area contributed by atoms with Gasteiger partial charge in [0, 0.05) is 12.0 Å². The predicted octanol–water partition coefficient (Wildman–Crippen LogP) is 5.24. The van der Waals surface area contributed by atoms with Crippen LogP contribution in [0.25, 0.3) is 0 Å². The lowest BCUT2D eigenvalue weighted by Gasteiger charge is -2.34. The third-order valence-corrected chi connectivity index (χ3v) is 5.12. The van der Waals surface area contributed by atoms with Crippen molar-refractivity contribution in [2.75, 3.05) is 6.54 Å². The highest BCUT2D eigenvalue weighted by atomic mass is 35.5. The Kier molecular flexibility index (Phi) is 4.94. The van der Waals surface area contributed by atoms with E-state index in [0.717, 1.165) is 18.5 Å². The molecule has 2 unspecified atom stereocenters. The van der Waals surface area contributed by atoms with Crippen LogP contribution >= 0.6 is 23.2 Å². The Morgan fingerprint density at radius 2 is 1.95 bits per heavy atom. The molecule has 0 saturated carbocycles. The van der Waals surface area contributed by atoms with Gasteiger partial charge in [0.15, 0.2) is 0 Å². The van der Waals surface area contributed by atoms with Gasteiger partial charge in [-0.15, -0.1) is 0 Å². The Morgan fingerprint density at radius 3 is 2.48 bits per heavy atom. The minimum atomic E-state index is -0.206. The fraction of sp³-hybridized carbons (Fsp3) is 0.647. The van der Waals surface area contributed by atoms with Gasteiger partial charge in [-0.3, -0.25) is 0 Å². The summed E-state index contributed by atoms with van der Waals surface area (Å²) in [6.45, 7) is 11.6. The second-order valence-corrected chi connectivity index (χ2v) is 7.74. The van der Waals surface area contributed by atoms with Gasteiger partial charge in [-0.25, -0.2) is 0 Å². The Balaban J connectivity index is 2.42. The summed E-state index contributed by atoms with van der Waals surface area (Å²) in [4.78, 5) is 0. The van der Waals surface area contributed by atoms with E-state index in [2.05, 4.69) is 46.0 Å². The fourth-order valence-corrected chi connectivity index (χ4v) is 4.00. The molecule has 0 spiro atoms. The van der Waals surface area contributed by atoms with E-state index in [4.69, 9.17) is 27.9 Å². The lowest BCUT2D eigenvalue weighted by Crippen LogP contribution is -2.38. The van der Waals surface area contributed by atoms with Gasteiger partial charge in [-0.1, -0.05) is 42.3 Å². The fourth-order valence-electron chi connectivity index (χ4n) is 3.57. The van der Waals surface area contributed by atoms with E-state index >= 15 is 0 Å². The molecule has 1 fully saturated rings. The van der Waals surface area contributed by atoms with E-state index < -0.39 is 0 Å². The van der Waals surface area contributed by atoms with Crippen LogP contribution in [0.15, 0.2) is 18.2 Å². The molecule has 2 atom stereocenters. The number of ether oxygens (including phenoxy) is 1. The third kappa shape index (κ3) is 3.56. The molecule has 2 rings (SSSR count). The summed E-state index contributed by atoms with van der Waals surface area (Å²) in [7, 11) is 0. The topological polar surface area (TPSA) is 21.3 Å². The molecule has 118 valence electrons. The largest absolute Gasteiger partial charge is 0.369 e. The molecule has 0 amide bonds. The first-order valence-corrected chi connectivity index (χ1v) is 8.31. The van der Waals surface area contributed by atoms with Crippen LogP contribution in [0.1, 0.15) is 52.6 Å². The summed E-state index contributed by atoms with van der Waals surface area (Å²) >= 11 is 12.7. The van der Waals surface area contributed by atoms with Crippen LogP contribution in [-0.2, 0) is 4.74 Å². The molecule has 0 aliphatic carbocycles. The summed E-state index contributed by atoms with van der Waals surface area (Å²) in [5.41, 5.74) is 0.736. The highest BCUT2D eigenvalue weighted by Crippen LogP contribution is 2.49. The Bertz CT molecular complexity index is 514. The van der Waals surface area contributed by atoms with Crippen LogP contribution in [0.3, 0.4) is 0 Å².